The molecule has 3 nitrogen and oxygen atoms in total. The normalized spacial score (nSPS) is 52.1. The summed E-state index contributed by atoms with van der Waals surface area (Å²) in [7, 11) is 0. The molecule has 0 spiro atoms. The molecule has 0 aromatic heterocycles. The molecule has 1 aliphatic heterocycles. The van der Waals surface area contributed by atoms with Crippen molar-refractivity contribution in [1.82, 2.24) is 0 Å². The zero-order valence-corrected chi connectivity index (χ0v) is 19.8. The first-order chi connectivity index (χ1) is 14.2. The van der Waals surface area contributed by atoms with Gasteiger partial charge in [-0.1, -0.05) is 27.7 Å². The molecule has 0 saturated heterocycles. The van der Waals surface area contributed by atoms with Crippen LogP contribution < -0.4 is 4.99 Å². The van der Waals surface area contributed by atoms with Gasteiger partial charge < -0.3 is 5.11 Å². The summed E-state index contributed by atoms with van der Waals surface area (Å²) in [4.78, 5) is 17.1. The van der Waals surface area contributed by atoms with Crippen molar-refractivity contribution >= 4 is 11.5 Å². The standard InChI is InChI=1S/C27H43NO2/c1-16-5-8-24(28-15-16)17(2)20-6-7-21-19-14-25(30)23-13-18(29)9-11-27(23,4)22(19)10-12-26(20,21)3/h16-23,29H,5-15H2,1-4H3/p+1/t16-,17-,18-,19-,20+,21-,22-,23+,26+,27+/m0/s1. The number of aliphatic hydroxyl groups is 1. The Bertz CT molecular complexity index is 730. The van der Waals surface area contributed by atoms with E-state index in [-0.39, 0.29) is 17.4 Å². The third-order valence-electron chi connectivity index (χ3n) is 11.2. The fraction of sp³-hybridized carbons (Fsp3) is 0.926. The van der Waals surface area contributed by atoms with Gasteiger partial charge in [0.05, 0.1) is 6.10 Å². The van der Waals surface area contributed by atoms with E-state index in [1.54, 1.807) is 5.71 Å². The molecule has 3 heteroatoms. The Morgan fingerprint density at radius 3 is 2.50 bits per heavy atom. The van der Waals surface area contributed by atoms with E-state index in [0.717, 1.165) is 50.0 Å². The smallest absolute Gasteiger partial charge is 0.153 e. The van der Waals surface area contributed by atoms with E-state index in [9.17, 15) is 9.90 Å². The Hall–Kier alpha value is -0.700. The lowest BCUT2D eigenvalue weighted by Gasteiger charge is -2.60. The van der Waals surface area contributed by atoms with Gasteiger partial charge in [-0.15, -0.1) is 0 Å². The molecule has 0 radical (unpaired) electrons. The average Bonchev–Trinajstić information content (AvgIpc) is 3.07. The van der Waals surface area contributed by atoms with E-state index in [0.29, 0.717) is 29.0 Å². The Morgan fingerprint density at radius 1 is 1.03 bits per heavy atom. The van der Waals surface area contributed by atoms with Crippen LogP contribution in [0, 0.1) is 52.3 Å². The number of Topliss-reactive ketones (excluding diaryl/α,β-unsaturated/α-hetero) is 1. The first-order valence-electron chi connectivity index (χ1n) is 13.0. The van der Waals surface area contributed by atoms with Gasteiger partial charge in [-0.25, -0.2) is 4.99 Å². The van der Waals surface area contributed by atoms with Gasteiger partial charge in [-0.2, -0.15) is 0 Å². The highest BCUT2D eigenvalue weighted by molar-refractivity contribution is 5.83. The van der Waals surface area contributed by atoms with Crippen LogP contribution in [-0.4, -0.2) is 29.3 Å². The third-order valence-corrected chi connectivity index (χ3v) is 11.2. The summed E-state index contributed by atoms with van der Waals surface area (Å²) in [5.74, 6) is 4.85. The van der Waals surface area contributed by atoms with Crippen LogP contribution in [0.4, 0.5) is 0 Å². The molecule has 0 amide bonds. The zero-order chi connectivity index (χ0) is 21.3. The molecule has 168 valence electrons. The quantitative estimate of drug-likeness (QED) is 0.723. The van der Waals surface area contributed by atoms with E-state index in [2.05, 4.69) is 32.7 Å². The number of aliphatic hydroxyl groups excluding tert-OH is 1. The monoisotopic (exact) mass is 414 g/mol. The van der Waals surface area contributed by atoms with Crippen LogP contribution in [-0.2, 0) is 4.79 Å². The molecule has 0 aromatic carbocycles. The Kier molecular flexibility index (Phi) is 5.24. The van der Waals surface area contributed by atoms with Gasteiger partial charge in [0.25, 0.3) is 0 Å². The molecule has 10 atom stereocenters. The van der Waals surface area contributed by atoms with Gasteiger partial charge in [-0.05, 0) is 85.9 Å². The Labute approximate surface area is 183 Å². The molecule has 4 fully saturated rings. The highest BCUT2D eigenvalue weighted by atomic mass is 16.3. The Balaban J connectivity index is 1.39. The summed E-state index contributed by atoms with van der Waals surface area (Å²) in [6.07, 6.45) is 11.1. The minimum Gasteiger partial charge on any atom is -0.393 e. The lowest BCUT2D eigenvalue weighted by Crippen LogP contribution is -2.78. The maximum absolute atomic E-state index is 13.3. The van der Waals surface area contributed by atoms with Crippen molar-refractivity contribution in [3.8, 4) is 0 Å². The van der Waals surface area contributed by atoms with E-state index < -0.39 is 0 Å². The van der Waals surface area contributed by atoms with Crippen LogP contribution in [0.25, 0.3) is 0 Å². The minimum atomic E-state index is -0.253. The average molecular weight is 415 g/mol. The summed E-state index contributed by atoms with van der Waals surface area (Å²) in [5, 5.41) is 10.2. The van der Waals surface area contributed by atoms with Gasteiger partial charge in [0.1, 0.15) is 12.3 Å². The maximum Gasteiger partial charge on any atom is 0.153 e. The van der Waals surface area contributed by atoms with E-state index >= 15 is 0 Å². The fourth-order valence-corrected chi connectivity index (χ4v) is 9.41. The zero-order valence-electron chi connectivity index (χ0n) is 19.8. The minimum absolute atomic E-state index is 0.118. The van der Waals surface area contributed by atoms with Crippen molar-refractivity contribution in [2.45, 2.75) is 98.0 Å². The topological polar surface area (TPSA) is 51.3 Å². The summed E-state index contributed by atoms with van der Waals surface area (Å²) in [6.45, 7) is 11.0. The molecule has 4 saturated carbocycles. The van der Waals surface area contributed by atoms with Crippen LogP contribution >= 0.6 is 0 Å². The highest BCUT2D eigenvalue weighted by Gasteiger charge is 2.62. The van der Waals surface area contributed by atoms with Crippen molar-refractivity contribution in [3.63, 3.8) is 0 Å². The summed E-state index contributed by atoms with van der Waals surface area (Å²) < 4.78 is 0. The number of carbonyl (C=O) groups excluding carboxylic acids is 1. The number of hydrogen-bond donors (Lipinski definition) is 2. The van der Waals surface area contributed by atoms with Gasteiger partial charge in [0, 0.05) is 30.6 Å². The SMILES string of the molecule is C[C@H]1CCC([C@@H](C)[C@H]2CC[C@H]3[C@@H]4CC(=O)[C@H]5C[C@@H](O)CC[C@]5(C)[C@H]4CC[C@]23C)=[NH+]C1. The highest BCUT2D eigenvalue weighted by Crippen LogP contribution is 2.67. The lowest BCUT2D eigenvalue weighted by molar-refractivity contribution is -0.475. The molecule has 2 N–H and O–H groups in total. The molecular formula is C27H44NO2+. The second kappa shape index (κ2) is 7.42. The number of ketones is 1. The molecule has 0 aromatic rings. The lowest BCUT2D eigenvalue weighted by atomic mass is 9.44. The molecule has 5 aliphatic rings. The molecule has 1 heterocycles. The number of carbonyl (C=O) groups is 1. The largest absolute Gasteiger partial charge is 0.393 e. The van der Waals surface area contributed by atoms with Crippen molar-refractivity contribution < 1.29 is 14.9 Å². The number of fused-ring (bicyclic) bond motifs is 5. The second-order valence-corrected chi connectivity index (χ2v) is 12.6. The molecule has 0 unspecified atom stereocenters. The molecule has 5 rings (SSSR count). The first-order valence-corrected chi connectivity index (χ1v) is 13.0. The summed E-state index contributed by atoms with van der Waals surface area (Å²) >= 11 is 0. The van der Waals surface area contributed by atoms with E-state index in [4.69, 9.17) is 0 Å². The van der Waals surface area contributed by atoms with Crippen LogP contribution in [0.2, 0.25) is 0 Å². The van der Waals surface area contributed by atoms with Crippen molar-refractivity contribution in [1.29, 1.82) is 0 Å². The first kappa shape index (κ1) is 21.2. The van der Waals surface area contributed by atoms with Crippen LogP contribution in [0.15, 0.2) is 0 Å². The van der Waals surface area contributed by atoms with Crippen molar-refractivity contribution in [2.24, 2.45) is 52.3 Å². The Morgan fingerprint density at radius 2 is 1.77 bits per heavy atom. The predicted molar refractivity (Wildman–Crippen MR) is 120 cm³/mol. The fourth-order valence-electron chi connectivity index (χ4n) is 9.41. The maximum atomic E-state index is 13.3. The van der Waals surface area contributed by atoms with Gasteiger partial charge >= 0.3 is 0 Å². The molecule has 0 bridgehead atoms. The number of nitrogens with one attached hydrogen (secondary N) is 1. The molecule has 30 heavy (non-hydrogen) atoms. The van der Waals surface area contributed by atoms with Crippen LogP contribution in [0.1, 0.15) is 91.9 Å². The van der Waals surface area contributed by atoms with Gasteiger partial charge in [0.15, 0.2) is 5.71 Å². The second-order valence-electron chi connectivity index (χ2n) is 12.6. The van der Waals surface area contributed by atoms with E-state index in [1.165, 1.54) is 38.5 Å². The van der Waals surface area contributed by atoms with Gasteiger partial charge in [0.2, 0.25) is 0 Å². The van der Waals surface area contributed by atoms with Crippen LogP contribution in [0.5, 0.6) is 0 Å². The summed E-state index contributed by atoms with van der Waals surface area (Å²) in [5.41, 5.74) is 2.16. The molecule has 4 aliphatic carbocycles. The number of hydrogen-bond acceptors (Lipinski definition) is 2. The summed E-state index contributed by atoms with van der Waals surface area (Å²) in [6, 6.07) is 0. The molecular weight excluding hydrogens is 370 g/mol. The van der Waals surface area contributed by atoms with E-state index in [1.807, 2.05) is 0 Å². The predicted octanol–water partition coefficient (Wildman–Crippen LogP) is 3.77. The third kappa shape index (κ3) is 3.08. The van der Waals surface area contributed by atoms with Crippen molar-refractivity contribution in [2.75, 3.05) is 6.54 Å². The van der Waals surface area contributed by atoms with Crippen LogP contribution in [0.3, 0.4) is 0 Å². The van der Waals surface area contributed by atoms with Gasteiger partial charge in [-0.3, -0.25) is 4.79 Å². The number of rotatable bonds is 2. The van der Waals surface area contributed by atoms with Crippen molar-refractivity contribution in [3.05, 3.63) is 0 Å².